The van der Waals surface area contributed by atoms with Gasteiger partial charge in [0, 0.05) is 32.4 Å². The predicted molar refractivity (Wildman–Crippen MR) is 103 cm³/mol. The molecule has 2 heterocycles. The molecule has 0 fully saturated rings. The normalized spacial score (nSPS) is 14.5. The van der Waals surface area contributed by atoms with Crippen LogP contribution in [0.5, 0.6) is 0 Å². The van der Waals surface area contributed by atoms with Gasteiger partial charge >= 0.3 is 0 Å². The quantitative estimate of drug-likeness (QED) is 0.680. The molecule has 0 radical (unpaired) electrons. The lowest BCUT2D eigenvalue weighted by Crippen LogP contribution is -2.46. The van der Waals surface area contributed by atoms with Crippen LogP contribution in [-0.2, 0) is 29.0 Å². The Hall–Kier alpha value is -2.67. The molecule has 0 spiro atoms. The number of benzene rings is 1. The third-order valence-corrected chi connectivity index (χ3v) is 4.78. The highest BCUT2D eigenvalue weighted by molar-refractivity contribution is 5.83. The van der Waals surface area contributed by atoms with Crippen molar-refractivity contribution in [2.24, 2.45) is 5.73 Å². The lowest BCUT2D eigenvalue weighted by Gasteiger charge is -2.28. The van der Waals surface area contributed by atoms with Crippen LogP contribution in [0.15, 0.2) is 30.3 Å². The van der Waals surface area contributed by atoms with Gasteiger partial charge < -0.3 is 20.9 Å². The average molecular weight is 369 g/mol. The zero-order chi connectivity index (χ0) is 19.2. The Bertz CT molecular complexity index is 787. The summed E-state index contributed by atoms with van der Waals surface area (Å²) >= 11 is 0. The number of hydrogen-bond acceptors (Lipinski definition) is 4. The van der Waals surface area contributed by atoms with E-state index in [9.17, 15) is 9.59 Å². The van der Waals surface area contributed by atoms with Gasteiger partial charge in [0.05, 0.1) is 24.0 Å². The van der Waals surface area contributed by atoms with E-state index in [0.29, 0.717) is 26.1 Å². The van der Waals surface area contributed by atoms with E-state index in [2.05, 4.69) is 27.4 Å². The molecule has 7 heteroatoms. The third kappa shape index (κ3) is 4.95. The number of hydrogen-bond donors (Lipinski definition) is 3. The van der Waals surface area contributed by atoms with Crippen molar-refractivity contribution in [2.45, 2.75) is 45.2 Å². The van der Waals surface area contributed by atoms with Crippen LogP contribution < -0.4 is 11.1 Å². The van der Waals surface area contributed by atoms with Crippen molar-refractivity contribution in [3.8, 4) is 0 Å². The second-order valence-corrected chi connectivity index (χ2v) is 6.88. The highest BCUT2D eigenvalue weighted by atomic mass is 16.2. The van der Waals surface area contributed by atoms with Crippen molar-refractivity contribution >= 4 is 11.8 Å². The molecule has 1 atom stereocenters. The number of fused-ring (bicyclic) bond motifs is 1. The van der Waals surface area contributed by atoms with Gasteiger partial charge in [0.1, 0.15) is 5.82 Å². The monoisotopic (exact) mass is 369 g/mol. The van der Waals surface area contributed by atoms with E-state index < -0.39 is 6.04 Å². The van der Waals surface area contributed by atoms with Crippen LogP contribution in [0, 0.1) is 0 Å². The molecule has 1 aromatic carbocycles. The van der Waals surface area contributed by atoms with Gasteiger partial charge in [-0.1, -0.05) is 30.3 Å². The topological polar surface area (TPSA) is 104 Å². The second-order valence-electron chi connectivity index (χ2n) is 6.88. The number of aromatic amines is 1. The van der Waals surface area contributed by atoms with Crippen molar-refractivity contribution in [1.29, 1.82) is 0 Å². The van der Waals surface area contributed by atoms with Crippen molar-refractivity contribution in [3.05, 3.63) is 53.1 Å². The lowest BCUT2D eigenvalue weighted by atomic mass is 10.1. The number of rotatable bonds is 7. The van der Waals surface area contributed by atoms with Gasteiger partial charge in [0.2, 0.25) is 11.8 Å². The van der Waals surface area contributed by atoms with Crippen LogP contribution in [0.4, 0.5) is 0 Å². The van der Waals surface area contributed by atoms with E-state index in [-0.39, 0.29) is 18.2 Å². The number of aromatic nitrogens is 2. The van der Waals surface area contributed by atoms with E-state index in [1.54, 1.807) is 4.90 Å². The van der Waals surface area contributed by atoms with Crippen LogP contribution in [0.1, 0.15) is 42.5 Å². The Labute approximate surface area is 159 Å². The molecule has 1 aromatic heterocycles. The summed E-state index contributed by atoms with van der Waals surface area (Å²) in [5.74, 6) is 0.742. The summed E-state index contributed by atoms with van der Waals surface area (Å²) in [7, 11) is 0. The van der Waals surface area contributed by atoms with Gasteiger partial charge in [-0.3, -0.25) is 9.59 Å². The highest BCUT2D eigenvalue weighted by Gasteiger charge is 2.27. The molecule has 0 aliphatic carbocycles. The molecule has 0 bridgehead atoms. The zero-order valence-corrected chi connectivity index (χ0v) is 15.7. The minimum atomic E-state index is -0.652. The first-order chi connectivity index (χ1) is 13.1. The van der Waals surface area contributed by atoms with Gasteiger partial charge in [-0.25, -0.2) is 4.98 Å². The SMILES string of the molecule is CCNC(=O)CC[C@H](N)C(=O)N1CCc2nc(Cc3ccccc3)[nH]c2C1. The Balaban J connectivity index is 1.57. The number of amides is 2. The van der Waals surface area contributed by atoms with Crippen molar-refractivity contribution in [1.82, 2.24) is 20.2 Å². The molecule has 1 aliphatic heterocycles. The second kappa shape index (κ2) is 8.81. The Kier molecular flexibility index (Phi) is 6.24. The minimum Gasteiger partial charge on any atom is -0.356 e. The Morgan fingerprint density at radius 2 is 2.11 bits per heavy atom. The number of carbonyl (C=O) groups is 2. The summed E-state index contributed by atoms with van der Waals surface area (Å²) in [4.78, 5) is 34.0. The maximum absolute atomic E-state index is 12.6. The van der Waals surface area contributed by atoms with Crippen molar-refractivity contribution in [3.63, 3.8) is 0 Å². The molecule has 4 N–H and O–H groups in total. The van der Waals surface area contributed by atoms with Crippen LogP contribution in [0.2, 0.25) is 0 Å². The van der Waals surface area contributed by atoms with Gasteiger partial charge in [-0.15, -0.1) is 0 Å². The number of nitrogens with two attached hydrogens (primary N) is 1. The number of nitrogens with one attached hydrogen (secondary N) is 2. The summed E-state index contributed by atoms with van der Waals surface area (Å²) in [6, 6.07) is 9.52. The summed E-state index contributed by atoms with van der Waals surface area (Å²) in [5.41, 5.74) is 9.23. The molecular weight excluding hydrogens is 342 g/mol. The first-order valence-electron chi connectivity index (χ1n) is 9.48. The van der Waals surface area contributed by atoms with Crippen molar-refractivity contribution in [2.75, 3.05) is 13.1 Å². The minimum absolute atomic E-state index is 0.0687. The van der Waals surface area contributed by atoms with E-state index in [1.165, 1.54) is 5.56 Å². The fourth-order valence-electron chi connectivity index (χ4n) is 3.34. The summed E-state index contributed by atoms with van der Waals surface area (Å²) in [5, 5.41) is 2.72. The Morgan fingerprint density at radius 3 is 2.85 bits per heavy atom. The van der Waals surface area contributed by atoms with Crippen LogP contribution in [0.3, 0.4) is 0 Å². The molecule has 0 unspecified atom stereocenters. The Morgan fingerprint density at radius 1 is 1.33 bits per heavy atom. The predicted octanol–water partition coefficient (Wildman–Crippen LogP) is 1.13. The fraction of sp³-hybridized carbons (Fsp3) is 0.450. The maximum Gasteiger partial charge on any atom is 0.239 e. The lowest BCUT2D eigenvalue weighted by molar-refractivity contribution is -0.133. The number of H-pyrrole nitrogens is 1. The smallest absolute Gasteiger partial charge is 0.239 e. The van der Waals surface area contributed by atoms with Crippen LogP contribution in [-0.4, -0.2) is 45.8 Å². The van der Waals surface area contributed by atoms with E-state index in [1.807, 2.05) is 25.1 Å². The number of imidazole rings is 1. The first-order valence-corrected chi connectivity index (χ1v) is 9.48. The molecule has 0 saturated heterocycles. The third-order valence-electron chi connectivity index (χ3n) is 4.78. The van der Waals surface area contributed by atoms with Crippen LogP contribution in [0.25, 0.3) is 0 Å². The number of nitrogens with zero attached hydrogens (tertiary/aromatic N) is 2. The first kappa shape index (κ1) is 19.1. The molecule has 27 heavy (non-hydrogen) atoms. The molecular formula is C20H27N5O2. The van der Waals surface area contributed by atoms with E-state index in [0.717, 1.165) is 30.1 Å². The summed E-state index contributed by atoms with van der Waals surface area (Å²) < 4.78 is 0. The van der Waals surface area contributed by atoms with Crippen LogP contribution >= 0.6 is 0 Å². The molecule has 7 nitrogen and oxygen atoms in total. The molecule has 3 rings (SSSR count). The maximum atomic E-state index is 12.6. The largest absolute Gasteiger partial charge is 0.356 e. The molecule has 1 aliphatic rings. The van der Waals surface area contributed by atoms with Crippen molar-refractivity contribution < 1.29 is 9.59 Å². The molecule has 2 aromatic rings. The number of carbonyl (C=O) groups excluding carboxylic acids is 2. The summed E-state index contributed by atoms with van der Waals surface area (Å²) in [6.45, 7) is 3.55. The summed E-state index contributed by atoms with van der Waals surface area (Å²) in [6.07, 6.45) is 2.09. The zero-order valence-electron chi connectivity index (χ0n) is 15.7. The molecule has 144 valence electrons. The van der Waals surface area contributed by atoms with Gasteiger partial charge in [0.25, 0.3) is 0 Å². The van der Waals surface area contributed by atoms with E-state index >= 15 is 0 Å². The van der Waals surface area contributed by atoms with Gasteiger partial charge in [-0.05, 0) is 18.9 Å². The van der Waals surface area contributed by atoms with Gasteiger partial charge in [0.15, 0.2) is 0 Å². The molecule has 2 amide bonds. The molecule has 0 saturated carbocycles. The van der Waals surface area contributed by atoms with E-state index in [4.69, 9.17) is 5.73 Å². The fourth-order valence-corrected chi connectivity index (χ4v) is 3.34. The standard InChI is InChI=1S/C20H27N5O2/c1-2-22-19(26)9-8-15(21)20(27)25-11-10-16-17(13-25)24-18(23-16)12-14-6-4-3-5-7-14/h3-7,15H,2,8-13,21H2,1H3,(H,22,26)(H,23,24)/t15-/m0/s1. The highest BCUT2D eigenvalue weighted by Crippen LogP contribution is 2.19. The average Bonchev–Trinajstić information content (AvgIpc) is 3.07. The van der Waals surface area contributed by atoms with Gasteiger partial charge in [-0.2, -0.15) is 0 Å².